The van der Waals surface area contributed by atoms with Crippen LogP contribution in [0.25, 0.3) is 0 Å². The Morgan fingerprint density at radius 1 is 1.24 bits per heavy atom. The van der Waals surface area contributed by atoms with Gasteiger partial charge in [-0.3, -0.25) is 4.31 Å². The van der Waals surface area contributed by atoms with Crippen LogP contribution in [0.15, 0.2) is 30.3 Å². The normalized spacial score (nSPS) is 13.7. The molecule has 0 aromatic heterocycles. The molecule has 0 heterocycles. The summed E-state index contributed by atoms with van der Waals surface area (Å²) in [5.74, 6) is 0. The standard InChI is InChI=1S/C11H18N2O3S/c1-10(14)9-13(17(15,16)12(2)3)11-7-5-4-6-8-11/h4-8,10,14H,9H2,1-3H3. The molecule has 0 aliphatic rings. The molecule has 0 fully saturated rings. The van der Waals surface area contributed by atoms with Crippen molar-refractivity contribution in [3.63, 3.8) is 0 Å². The number of rotatable bonds is 5. The Balaban J connectivity index is 3.14. The molecule has 0 bridgehead atoms. The summed E-state index contributed by atoms with van der Waals surface area (Å²) in [5, 5.41) is 9.40. The lowest BCUT2D eigenvalue weighted by molar-refractivity contribution is 0.204. The zero-order valence-corrected chi connectivity index (χ0v) is 11.1. The molecule has 17 heavy (non-hydrogen) atoms. The van der Waals surface area contributed by atoms with Crippen molar-refractivity contribution in [1.82, 2.24) is 4.31 Å². The maximum Gasteiger partial charge on any atom is 0.303 e. The van der Waals surface area contributed by atoms with Crippen molar-refractivity contribution in [2.45, 2.75) is 13.0 Å². The van der Waals surface area contributed by atoms with Gasteiger partial charge in [-0.25, -0.2) is 0 Å². The van der Waals surface area contributed by atoms with E-state index >= 15 is 0 Å². The van der Waals surface area contributed by atoms with Gasteiger partial charge in [0.05, 0.1) is 18.3 Å². The average Bonchev–Trinajstić information content (AvgIpc) is 2.26. The van der Waals surface area contributed by atoms with Crippen LogP contribution in [-0.2, 0) is 10.2 Å². The van der Waals surface area contributed by atoms with Crippen LogP contribution in [0.3, 0.4) is 0 Å². The lowest BCUT2D eigenvalue weighted by Gasteiger charge is -2.28. The van der Waals surface area contributed by atoms with Gasteiger partial charge < -0.3 is 5.11 Å². The third-order valence-corrected chi connectivity index (χ3v) is 4.05. The van der Waals surface area contributed by atoms with Crippen LogP contribution in [-0.4, -0.2) is 44.6 Å². The summed E-state index contributed by atoms with van der Waals surface area (Å²) in [6, 6.07) is 8.73. The third kappa shape index (κ3) is 3.42. The number of anilines is 1. The fraction of sp³-hybridized carbons (Fsp3) is 0.455. The van der Waals surface area contributed by atoms with E-state index in [4.69, 9.17) is 0 Å². The molecule has 1 aromatic rings. The minimum atomic E-state index is -3.58. The Morgan fingerprint density at radius 2 is 1.76 bits per heavy atom. The van der Waals surface area contributed by atoms with Crippen molar-refractivity contribution < 1.29 is 13.5 Å². The zero-order chi connectivity index (χ0) is 13.1. The minimum Gasteiger partial charge on any atom is -0.392 e. The van der Waals surface area contributed by atoms with Gasteiger partial charge in [0.2, 0.25) is 0 Å². The zero-order valence-electron chi connectivity index (χ0n) is 10.2. The molecule has 96 valence electrons. The first-order chi connectivity index (χ1) is 7.85. The summed E-state index contributed by atoms with van der Waals surface area (Å²) < 4.78 is 26.5. The summed E-state index contributed by atoms with van der Waals surface area (Å²) in [5.41, 5.74) is 0.544. The highest BCUT2D eigenvalue weighted by Crippen LogP contribution is 2.19. The second-order valence-corrected chi connectivity index (χ2v) is 6.07. The van der Waals surface area contributed by atoms with Crippen LogP contribution in [0, 0.1) is 0 Å². The molecule has 1 atom stereocenters. The average molecular weight is 258 g/mol. The van der Waals surface area contributed by atoms with Gasteiger partial charge in [0, 0.05) is 14.1 Å². The molecule has 1 N–H and O–H groups in total. The molecule has 1 unspecified atom stereocenters. The maximum atomic E-state index is 12.1. The second-order valence-electron chi connectivity index (χ2n) is 4.01. The van der Waals surface area contributed by atoms with Gasteiger partial charge >= 0.3 is 10.2 Å². The van der Waals surface area contributed by atoms with Crippen LogP contribution in [0.4, 0.5) is 5.69 Å². The molecular formula is C11H18N2O3S. The number of para-hydroxylation sites is 1. The summed E-state index contributed by atoms with van der Waals surface area (Å²) in [4.78, 5) is 0. The number of aliphatic hydroxyl groups is 1. The molecule has 0 saturated heterocycles. The minimum absolute atomic E-state index is 0.0323. The predicted molar refractivity (Wildman–Crippen MR) is 68.1 cm³/mol. The highest BCUT2D eigenvalue weighted by molar-refractivity contribution is 7.90. The van der Waals surface area contributed by atoms with Crippen LogP contribution < -0.4 is 4.31 Å². The van der Waals surface area contributed by atoms with E-state index in [0.717, 1.165) is 4.31 Å². The fourth-order valence-electron chi connectivity index (χ4n) is 1.36. The van der Waals surface area contributed by atoms with E-state index < -0.39 is 16.3 Å². The smallest absolute Gasteiger partial charge is 0.303 e. The van der Waals surface area contributed by atoms with E-state index in [1.165, 1.54) is 18.4 Å². The Labute approximate surface area is 102 Å². The van der Waals surface area contributed by atoms with Crippen molar-refractivity contribution in [1.29, 1.82) is 0 Å². The molecule has 0 saturated carbocycles. The summed E-state index contributed by atoms with van der Waals surface area (Å²) in [6.45, 7) is 1.59. The van der Waals surface area contributed by atoms with Crippen LogP contribution in [0.5, 0.6) is 0 Å². The van der Waals surface area contributed by atoms with Gasteiger partial charge in [-0.1, -0.05) is 18.2 Å². The van der Waals surface area contributed by atoms with Crippen molar-refractivity contribution in [3.8, 4) is 0 Å². The molecule has 0 aliphatic carbocycles. The monoisotopic (exact) mass is 258 g/mol. The number of nitrogens with zero attached hydrogens (tertiary/aromatic N) is 2. The highest BCUT2D eigenvalue weighted by atomic mass is 32.2. The van der Waals surface area contributed by atoms with Crippen molar-refractivity contribution in [2.24, 2.45) is 0 Å². The molecule has 0 aliphatic heterocycles. The number of aliphatic hydroxyl groups excluding tert-OH is 1. The van der Waals surface area contributed by atoms with E-state index in [2.05, 4.69) is 0 Å². The molecule has 5 nitrogen and oxygen atoms in total. The van der Waals surface area contributed by atoms with E-state index in [-0.39, 0.29) is 6.54 Å². The largest absolute Gasteiger partial charge is 0.392 e. The second kappa shape index (κ2) is 5.48. The number of hydrogen-bond donors (Lipinski definition) is 1. The summed E-state index contributed by atoms with van der Waals surface area (Å²) >= 11 is 0. The molecular weight excluding hydrogens is 240 g/mol. The number of hydrogen-bond acceptors (Lipinski definition) is 3. The molecule has 0 radical (unpaired) electrons. The fourth-order valence-corrected chi connectivity index (χ4v) is 2.55. The Kier molecular flexibility index (Phi) is 4.50. The van der Waals surface area contributed by atoms with Crippen molar-refractivity contribution >= 4 is 15.9 Å². The molecule has 1 aromatic carbocycles. The summed E-state index contributed by atoms with van der Waals surface area (Å²) in [7, 11) is -0.649. The lowest BCUT2D eigenvalue weighted by Crippen LogP contribution is -2.43. The first-order valence-electron chi connectivity index (χ1n) is 5.29. The van der Waals surface area contributed by atoms with Gasteiger partial charge in [0.25, 0.3) is 0 Å². The third-order valence-electron chi connectivity index (χ3n) is 2.21. The topological polar surface area (TPSA) is 60.9 Å². The van der Waals surface area contributed by atoms with Gasteiger partial charge in [0.15, 0.2) is 0 Å². The quantitative estimate of drug-likeness (QED) is 0.845. The van der Waals surface area contributed by atoms with Gasteiger partial charge in [-0.2, -0.15) is 12.7 Å². The van der Waals surface area contributed by atoms with Crippen LogP contribution in [0.2, 0.25) is 0 Å². The van der Waals surface area contributed by atoms with Crippen LogP contribution in [0.1, 0.15) is 6.92 Å². The van der Waals surface area contributed by atoms with Crippen molar-refractivity contribution in [3.05, 3.63) is 30.3 Å². The molecule has 0 amide bonds. The van der Waals surface area contributed by atoms with E-state index in [0.29, 0.717) is 5.69 Å². The lowest BCUT2D eigenvalue weighted by atomic mass is 10.3. The molecule has 1 rings (SSSR count). The maximum absolute atomic E-state index is 12.1. The van der Waals surface area contributed by atoms with Gasteiger partial charge in [0.1, 0.15) is 0 Å². The van der Waals surface area contributed by atoms with E-state index in [9.17, 15) is 13.5 Å². The Hall–Kier alpha value is -1.11. The Bertz CT molecular complexity index is 443. The van der Waals surface area contributed by atoms with Gasteiger partial charge in [-0.05, 0) is 19.1 Å². The van der Waals surface area contributed by atoms with Crippen molar-refractivity contribution in [2.75, 3.05) is 24.9 Å². The predicted octanol–water partition coefficient (Wildman–Crippen LogP) is 0.680. The molecule has 6 heteroatoms. The highest BCUT2D eigenvalue weighted by Gasteiger charge is 2.25. The van der Waals surface area contributed by atoms with Crippen LogP contribution >= 0.6 is 0 Å². The van der Waals surface area contributed by atoms with Gasteiger partial charge in [-0.15, -0.1) is 0 Å². The first kappa shape index (κ1) is 14.0. The van der Waals surface area contributed by atoms with E-state index in [1.807, 2.05) is 6.07 Å². The SMILES string of the molecule is CC(O)CN(c1ccccc1)S(=O)(=O)N(C)C. The summed E-state index contributed by atoms with van der Waals surface area (Å²) in [6.07, 6.45) is -0.732. The Morgan fingerprint density at radius 3 is 2.18 bits per heavy atom. The van der Waals surface area contributed by atoms with E-state index in [1.54, 1.807) is 31.2 Å². The first-order valence-corrected chi connectivity index (χ1v) is 6.68. The number of benzene rings is 1. The molecule has 0 spiro atoms.